The van der Waals surface area contributed by atoms with Gasteiger partial charge in [-0.25, -0.2) is 4.79 Å². The SMILES string of the molecule is CCCCn1c(C)c(C(C)C)c2c(C(=O)O)cccc21. The molecule has 0 atom stereocenters. The van der Waals surface area contributed by atoms with Crippen LogP contribution in [0.2, 0.25) is 0 Å². The number of aromatic carboxylic acids is 1. The summed E-state index contributed by atoms with van der Waals surface area (Å²) in [7, 11) is 0. The van der Waals surface area contributed by atoms with Crippen LogP contribution in [0.3, 0.4) is 0 Å². The number of nitrogens with zero attached hydrogens (tertiary/aromatic N) is 1. The minimum atomic E-state index is -0.842. The molecule has 0 saturated carbocycles. The molecule has 1 N–H and O–H groups in total. The van der Waals surface area contributed by atoms with Gasteiger partial charge in [0.1, 0.15) is 0 Å². The second kappa shape index (κ2) is 5.70. The Morgan fingerprint density at radius 2 is 2.05 bits per heavy atom. The minimum absolute atomic E-state index is 0.320. The molecule has 0 unspecified atom stereocenters. The van der Waals surface area contributed by atoms with Crippen LogP contribution in [-0.4, -0.2) is 15.6 Å². The van der Waals surface area contributed by atoms with E-state index in [1.54, 1.807) is 6.07 Å². The predicted octanol–water partition coefficient (Wildman–Crippen LogP) is 4.57. The van der Waals surface area contributed by atoms with Gasteiger partial charge in [-0.3, -0.25) is 0 Å². The number of carbonyl (C=O) groups is 1. The minimum Gasteiger partial charge on any atom is -0.478 e. The van der Waals surface area contributed by atoms with E-state index in [0.717, 1.165) is 30.3 Å². The summed E-state index contributed by atoms with van der Waals surface area (Å²) < 4.78 is 2.28. The van der Waals surface area contributed by atoms with E-state index in [0.29, 0.717) is 11.5 Å². The summed E-state index contributed by atoms with van der Waals surface area (Å²) in [5.74, 6) is -0.522. The average molecular weight is 273 g/mol. The van der Waals surface area contributed by atoms with E-state index in [1.807, 2.05) is 12.1 Å². The molecule has 2 aromatic rings. The lowest BCUT2D eigenvalue weighted by Gasteiger charge is -2.09. The first-order valence-corrected chi connectivity index (χ1v) is 7.34. The zero-order valence-electron chi connectivity index (χ0n) is 12.7. The number of unbranched alkanes of at least 4 members (excludes halogenated alkanes) is 1. The van der Waals surface area contributed by atoms with Crippen LogP contribution in [0.1, 0.15) is 61.1 Å². The van der Waals surface area contributed by atoms with E-state index >= 15 is 0 Å². The second-order valence-electron chi connectivity index (χ2n) is 5.66. The molecule has 108 valence electrons. The van der Waals surface area contributed by atoms with Crippen molar-refractivity contribution in [3.8, 4) is 0 Å². The first-order chi connectivity index (χ1) is 9.49. The van der Waals surface area contributed by atoms with E-state index in [-0.39, 0.29) is 0 Å². The summed E-state index contributed by atoms with van der Waals surface area (Å²) in [5.41, 5.74) is 3.86. The zero-order chi connectivity index (χ0) is 14.9. The summed E-state index contributed by atoms with van der Waals surface area (Å²) >= 11 is 0. The fourth-order valence-corrected chi connectivity index (χ4v) is 3.04. The Balaban J connectivity index is 2.79. The quantitative estimate of drug-likeness (QED) is 0.867. The fraction of sp³-hybridized carbons (Fsp3) is 0.471. The summed E-state index contributed by atoms with van der Waals surface area (Å²) in [6.45, 7) is 9.49. The maximum Gasteiger partial charge on any atom is 0.336 e. The van der Waals surface area contributed by atoms with Gasteiger partial charge < -0.3 is 9.67 Å². The third-order valence-corrected chi connectivity index (χ3v) is 3.94. The monoisotopic (exact) mass is 273 g/mol. The van der Waals surface area contributed by atoms with Crippen molar-refractivity contribution in [2.75, 3.05) is 0 Å². The van der Waals surface area contributed by atoms with Crippen molar-refractivity contribution in [1.29, 1.82) is 0 Å². The highest BCUT2D eigenvalue weighted by Gasteiger charge is 2.21. The van der Waals surface area contributed by atoms with E-state index in [9.17, 15) is 9.90 Å². The van der Waals surface area contributed by atoms with Gasteiger partial charge in [-0.15, -0.1) is 0 Å². The van der Waals surface area contributed by atoms with Crippen molar-refractivity contribution in [1.82, 2.24) is 4.57 Å². The molecular weight excluding hydrogens is 250 g/mol. The van der Waals surface area contributed by atoms with Crippen molar-refractivity contribution >= 4 is 16.9 Å². The first-order valence-electron chi connectivity index (χ1n) is 7.34. The largest absolute Gasteiger partial charge is 0.478 e. The molecule has 0 amide bonds. The third-order valence-electron chi connectivity index (χ3n) is 3.94. The summed E-state index contributed by atoms with van der Waals surface area (Å²) in [6.07, 6.45) is 2.24. The van der Waals surface area contributed by atoms with E-state index in [4.69, 9.17) is 0 Å². The molecule has 1 heterocycles. The molecule has 0 fully saturated rings. The Morgan fingerprint density at radius 1 is 1.35 bits per heavy atom. The third kappa shape index (κ3) is 2.33. The molecule has 0 aliphatic rings. The molecule has 2 rings (SSSR count). The van der Waals surface area contributed by atoms with Crippen molar-refractivity contribution in [2.24, 2.45) is 0 Å². The molecule has 0 radical (unpaired) electrons. The Hall–Kier alpha value is -1.77. The highest BCUT2D eigenvalue weighted by molar-refractivity contribution is 6.05. The molecule has 1 aromatic carbocycles. The van der Waals surface area contributed by atoms with Gasteiger partial charge in [0.15, 0.2) is 0 Å². The first kappa shape index (κ1) is 14.6. The Bertz CT molecular complexity index is 638. The number of hydrogen-bond donors (Lipinski definition) is 1. The van der Waals surface area contributed by atoms with Crippen LogP contribution in [-0.2, 0) is 6.54 Å². The van der Waals surface area contributed by atoms with Crippen molar-refractivity contribution in [3.05, 3.63) is 35.0 Å². The van der Waals surface area contributed by atoms with Crippen LogP contribution in [0.25, 0.3) is 10.9 Å². The number of benzene rings is 1. The lowest BCUT2D eigenvalue weighted by molar-refractivity contribution is 0.0699. The Labute approximate surface area is 120 Å². The van der Waals surface area contributed by atoms with Crippen molar-refractivity contribution in [2.45, 2.75) is 53.0 Å². The lowest BCUT2D eigenvalue weighted by atomic mass is 9.96. The number of hydrogen-bond acceptors (Lipinski definition) is 1. The Morgan fingerprint density at radius 3 is 2.60 bits per heavy atom. The molecule has 20 heavy (non-hydrogen) atoms. The molecule has 1 aromatic heterocycles. The van der Waals surface area contributed by atoms with Gasteiger partial charge in [0.25, 0.3) is 0 Å². The van der Waals surface area contributed by atoms with Crippen LogP contribution in [0, 0.1) is 6.92 Å². The molecule has 0 bridgehead atoms. The summed E-state index contributed by atoms with van der Waals surface area (Å²) in [6, 6.07) is 5.59. The zero-order valence-corrected chi connectivity index (χ0v) is 12.7. The van der Waals surface area contributed by atoms with E-state index in [2.05, 4.69) is 32.3 Å². The number of fused-ring (bicyclic) bond motifs is 1. The van der Waals surface area contributed by atoms with E-state index in [1.165, 1.54) is 11.3 Å². The maximum atomic E-state index is 11.5. The molecule has 3 nitrogen and oxygen atoms in total. The van der Waals surface area contributed by atoms with E-state index < -0.39 is 5.97 Å². The average Bonchev–Trinajstić information content (AvgIpc) is 2.67. The van der Waals surface area contributed by atoms with Crippen LogP contribution in [0.15, 0.2) is 18.2 Å². The smallest absolute Gasteiger partial charge is 0.336 e. The van der Waals surface area contributed by atoms with Gasteiger partial charge in [0, 0.05) is 23.1 Å². The van der Waals surface area contributed by atoms with Gasteiger partial charge in [0.2, 0.25) is 0 Å². The van der Waals surface area contributed by atoms with Crippen LogP contribution < -0.4 is 0 Å². The van der Waals surface area contributed by atoms with Gasteiger partial charge >= 0.3 is 5.97 Å². The van der Waals surface area contributed by atoms with Crippen LogP contribution >= 0.6 is 0 Å². The van der Waals surface area contributed by atoms with Gasteiger partial charge in [0.05, 0.1) is 5.56 Å². The maximum absolute atomic E-state index is 11.5. The van der Waals surface area contributed by atoms with Crippen molar-refractivity contribution in [3.63, 3.8) is 0 Å². The normalized spacial score (nSPS) is 11.4. The van der Waals surface area contributed by atoms with Gasteiger partial charge in [-0.2, -0.15) is 0 Å². The number of rotatable bonds is 5. The number of carboxylic acid groups (broad SMARTS) is 1. The molecule has 0 aliphatic heterocycles. The molecule has 3 heteroatoms. The lowest BCUT2D eigenvalue weighted by Crippen LogP contribution is -2.01. The molecule has 0 saturated heterocycles. The molecule has 0 spiro atoms. The van der Waals surface area contributed by atoms with Gasteiger partial charge in [-0.1, -0.05) is 33.3 Å². The van der Waals surface area contributed by atoms with Gasteiger partial charge in [-0.05, 0) is 37.0 Å². The highest BCUT2D eigenvalue weighted by atomic mass is 16.4. The molecular formula is C17H23NO2. The van der Waals surface area contributed by atoms with Crippen molar-refractivity contribution < 1.29 is 9.90 Å². The highest BCUT2D eigenvalue weighted by Crippen LogP contribution is 2.34. The fourth-order valence-electron chi connectivity index (χ4n) is 3.04. The number of aromatic nitrogens is 1. The summed E-state index contributed by atoms with van der Waals surface area (Å²) in [4.78, 5) is 11.5. The Kier molecular flexibility index (Phi) is 4.17. The number of carboxylic acids is 1. The summed E-state index contributed by atoms with van der Waals surface area (Å²) in [5, 5.41) is 10.4. The van der Waals surface area contributed by atoms with Crippen LogP contribution in [0.5, 0.6) is 0 Å². The topological polar surface area (TPSA) is 42.2 Å². The predicted molar refractivity (Wildman–Crippen MR) is 82.6 cm³/mol. The standard InChI is InChI=1S/C17H23NO2/c1-5-6-10-18-12(4)15(11(2)3)16-13(17(19)20)8-7-9-14(16)18/h7-9,11H,5-6,10H2,1-4H3,(H,19,20). The number of aryl methyl sites for hydroxylation is 1. The van der Waals surface area contributed by atoms with Crippen LogP contribution in [0.4, 0.5) is 0 Å². The second-order valence-corrected chi connectivity index (χ2v) is 5.66. The molecule has 0 aliphatic carbocycles.